The minimum atomic E-state index is 0.566. The summed E-state index contributed by atoms with van der Waals surface area (Å²) in [7, 11) is 0. The van der Waals surface area contributed by atoms with Gasteiger partial charge in [0.15, 0.2) is 0 Å². The molecule has 0 radical (unpaired) electrons. The second-order valence-corrected chi connectivity index (χ2v) is 2.86. The number of hydrogen-bond donors (Lipinski definition) is 1. The fourth-order valence-electron chi connectivity index (χ4n) is 0.690. The highest BCUT2D eigenvalue weighted by Gasteiger charge is 1.86. The second kappa shape index (κ2) is 4.26. The van der Waals surface area contributed by atoms with Crippen molar-refractivity contribution >= 4 is 22.0 Å². The summed E-state index contributed by atoms with van der Waals surface area (Å²) in [5.74, 6) is 0. The number of nitrogens with zero attached hydrogens (tertiary/aromatic N) is 1. The third-order valence-corrected chi connectivity index (χ3v) is 1.67. The highest BCUT2D eigenvalue weighted by atomic mass is 79.9. The minimum Gasteiger partial charge on any atom is -0.327 e. The largest absolute Gasteiger partial charge is 0.327 e. The lowest BCUT2D eigenvalue weighted by Gasteiger charge is -1.91. The van der Waals surface area contributed by atoms with E-state index in [0.29, 0.717) is 6.54 Å². The van der Waals surface area contributed by atoms with Crippen LogP contribution in [-0.4, -0.2) is 11.5 Å². The van der Waals surface area contributed by atoms with Crippen LogP contribution in [0.15, 0.2) is 29.0 Å². The first-order valence-corrected chi connectivity index (χ1v) is 4.10. The molecule has 1 rings (SSSR count). The van der Waals surface area contributed by atoms with Gasteiger partial charge in [-0.2, -0.15) is 0 Å². The fourth-order valence-corrected chi connectivity index (χ4v) is 0.925. The van der Waals surface area contributed by atoms with Crippen LogP contribution in [0.4, 0.5) is 0 Å². The molecule has 2 nitrogen and oxygen atoms in total. The zero-order valence-electron chi connectivity index (χ0n) is 6.00. The molecule has 0 spiro atoms. The van der Waals surface area contributed by atoms with Crippen molar-refractivity contribution in [3.63, 3.8) is 0 Å². The summed E-state index contributed by atoms with van der Waals surface area (Å²) in [6.07, 6.45) is 5.63. The van der Waals surface area contributed by atoms with Gasteiger partial charge in [-0.25, -0.2) is 4.98 Å². The first-order chi connectivity index (χ1) is 5.33. The number of halogens is 1. The number of rotatable bonds is 2. The molecule has 0 aromatic carbocycles. The third kappa shape index (κ3) is 2.82. The Morgan fingerprint density at radius 2 is 2.36 bits per heavy atom. The molecule has 58 valence electrons. The molecule has 0 saturated carbocycles. The van der Waals surface area contributed by atoms with Crippen molar-refractivity contribution in [3.8, 4) is 0 Å². The summed E-state index contributed by atoms with van der Waals surface area (Å²) in [6.45, 7) is 0.566. The Bertz CT molecular complexity index is 241. The molecule has 0 atom stereocenters. The Hall–Kier alpha value is -0.670. The van der Waals surface area contributed by atoms with Crippen molar-refractivity contribution in [2.24, 2.45) is 5.73 Å². The van der Waals surface area contributed by atoms with E-state index in [9.17, 15) is 0 Å². The number of aromatic nitrogens is 1. The first kappa shape index (κ1) is 8.43. The standard InChI is InChI=1S/C8H9BrN2/c9-8-4-3-7(6-11-8)2-1-5-10/h1-4,6H,5,10H2. The van der Waals surface area contributed by atoms with E-state index in [1.807, 2.05) is 24.3 Å². The van der Waals surface area contributed by atoms with Gasteiger partial charge in [0.1, 0.15) is 4.60 Å². The Morgan fingerprint density at radius 3 is 2.91 bits per heavy atom. The topological polar surface area (TPSA) is 38.9 Å². The third-order valence-electron chi connectivity index (χ3n) is 1.20. The molecular weight excluding hydrogens is 204 g/mol. The maximum absolute atomic E-state index is 5.29. The SMILES string of the molecule is NCC=Cc1ccc(Br)nc1. The lowest BCUT2D eigenvalue weighted by atomic mass is 10.3. The van der Waals surface area contributed by atoms with Crippen molar-refractivity contribution in [1.29, 1.82) is 0 Å². The van der Waals surface area contributed by atoms with Crippen LogP contribution >= 0.6 is 15.9 Å². The van der Waals surface area contributed by atoms with Crippen LogP contribution in [0.5, 0.6) is 0 Å². The molecule has 0 amide bonds. The summed E-state index contributed by atoms with van der Waals surface area (Å²) >= 11 is 3.25. The van der Waals surface area contributed by atoms with Crippen LogP contribution in [0.25, 0.3) is 6.08 Å². The van der Waals surface area contributed by atoms with Crippen LogP contribution in [0.1, 0.15) is 5.56 Å². The van der Waals surface area contributed by atoms with Crippen LogP contribution in [-0.2, 0) is 0 Å². The van der Waals surface area contributed by atoms with Crippen molar-refractivity contribution in [1.82, 2.24) is 4.98 Å². The van der Waals surface area contributed by atoms with Gasteiger partial charge in [-0.05, 0) is 27.6 Å². The van der Waals surface area contributed by atoms with Crippen molar-refractivity contribution < 1.29 is 0 Å². The van der Waals surface area contributed by atoms with E-state index in [1.54, 1.807) is 6.20 Å². The van der Waals surface area contributed by atoms with Gasteiger partial charge >= 0.3 is 0 Å². The van der Waals surface area contributed by atoms with Gasteiger partial charge in [-0.15, -0.1) is 0 Å². The van der Waals surface area contributed by atoms with E-state index >= 15 is 0 Å². The van der Waals surface area contributed by atoms with Gasteiger partial charge in [-0.3, -0.25) is 0 Å². The molecule has 2 N–H and O–H groups in total. The van der Waals surface area contributed by atoms with E-state index in [2.05, 4.69) is 20.9 Å². The van der Waals surface area contributed by atoms with Crippen molar-refractivity contribution in [3.05, 3.63) is 34.6 Å². The predicted molar refractivity (Wildman–Crippen MR) is 50.0 cm³/mol. The summed E-state index contributed by atoms with van der Waals surface area (Å²) in [5, 5.41) is 0. The van der Waals surface area contributed by atoms with Gasteiger partial charge in [-0.1, -0.05) is 18.2 Å². The van der Waals surface area contributed by atoms with Gasteiger partial charge in [0.05, 0.1) is 0 Å². The highest BCUT2D eigenvalue weighted by Crippen LogP contribution is 2.06. The number of hydrogen-bond acceptors (Lipinski definition) is 2. The van der Waals surface area contributed by atoms with Crippen molar-refractivity contribution in [2.75, 3.05) is 6.54 Å². The molecule has 0 fully saturated rings. The molecular formula is C8H9BrN2. The highest BCUT2D eigenvalue weighted by molar-refractivity contribution is 9.10. The molecule has 0 saturated heterocycles. The van der Waals surface area contributed by atoms with E-state index in [4.69, 9.17) is 5.73 Å². The molecule has 0 aliphatic rings. The minimum absolute atomic E-state index is 0.566. The molecule has 0 bridgehead atoms. The molecule has 1 aromatic heterocycles. The Labute approximate surface area is 74.3 Å². The van der Waals surface area contributed by atoms with Gasteiger partial charge < -0.3 is 5.73 Å². The Morgan fingerprint density at radius 1 is 1.55 bits per heavy atom. The first-order valence-electron chi connectivity index (χ1n) is 3.31. The second-order valence-electron chi connectivity index (χ2n) is 2.05. The monoisotopic (exact) mass is 212 g/mol. The Balaban J connectivity index is 2.73. The van der Waals surface area contributed by atoms with Crippen LogP contribution in [0.2, 0.25) is 0 Å². The molecule has 0 aliphatic heterocycles. The molecule has 1 heterocycles. The summed E-state index contributed by atoms with van der Waals surface area (Å²) in [6, 6.07) is 3.87. The van der Waals surface area contributed by atoms with E-state index < -0.39 is 0 Å². The molecule has 0 aliphatic carbocycles. The van der Waals surface area contributed by atoms with E-state index in [0.717, 1.165) is 10.2 Å². The Kier molecular flexibility index (Phi) is 3.26. The van der Waals surface area contributed by atoms with Crippen LogP contribution in [0, 0.1) is 0 Å². The predicted octanol–water partition coefficient (Wildman–Crippen LogP) is 1.82. The van der Waals surface area contributed by atoms with Gasteiger partial charge in [0, 0.05) is 12.7 Å². The van der Waals surface area contributed by atoms with Crippen LogP contribution in [0.3, 0.4) is 0 Å². The normalized spacial score (nSPS) is 10.7. The lowest BCUT2D eigenvalue weighted by Crippen LogP contribution is -1.91. The molecule has 3 heteroatoms. The summed E-state index contributed by atoms with van der Waals surface area (Å²) in [5.41, 5.74) is 6.36. The summed E-state index contributed by atoms with van der Waals surface area (Å²) < 4.78 is 0.849. The number of pyridine rings is 1. The zero-order valence-corrected chi connectivity index (χ0v) is 7.58. The van der Waals surface area contributed by atoms with Crippen LogP contribution < -0.4 is 5.73 Å². The van der Waals surface area contributed by atoms with E-state index in [-0.39, 0.29) is 0 Å². The molecule has 1 aromatic rings. The number of nitrogens with two attached hydrogens (primary N) is 1. The maximum atomic E-state index is 5.29. The average Bonchev–Trinajstić information content (AvgIpc) is 2.04. The van der Waals surface area contributed by atoms with Crippen molar-refractivity contribution in [2.45, 2.75) is 0 Å². The summed E-state index contributed by atoms with van der Waals surface area (Å²) in [4.78, 5) is 4.06. The zero-order chi connectivity index (χ0) is 8.10. The lowest BCUT2D eigenvalue weighted by molar-refractivity contribution is 1.25. The molecule has 11 heavy (non-hydrogen) atoms. The van der Waals surface area contributed by atoms with E-state index in [1.165, 1.54) is 0 Å². The van der Waals surface area contributed by atoms with Gasteiger partial charge in [0.25, 0.3) is 0 Å². The fraction of sp³-hybridized carbons (Fsp3) is 0.125. The smallest absolute Gasteiger partial charge is 0.106 e. The average molecular weight is 213 g/mol. The van der Waals surface area contributed by atoms with Gasteiger partial charge in [0.2, 0.25) is 0 Å². The maximum Gasteiger partial charge on any atom is 0.106 e. The quantitative estimate of drug-likeness (QED) is 0.761. The molecule has 0 unspecified atom stereocenters.